The zero-order valence-corrected chi connectivity index (χ0v) is 14.2. The van der Waals surface area contributed by atoms with Crippen molar-refractivity contribution in [2.45, 2.75) is 0 Å². The molecule has 0 unspecified atom stereocenters. The Bertz CT molecular complexity index is 638. The van der Waals surface area contributed by atoms with Gasteiger partial charge in [-0.2, -0.15) is 0 Å². The molecule has 2 aromatic rings. The van der Waals surface area contributed by atoms with Gasteiger partial charge in [-0.15, -0.1) is 0 Å². The largest absolute Gasteiger partial charge is 0.331 e. The summed E-state index contributed by atoms with van der Waals surface area (Å²) in [7, 11) is 0. The van der Waals surface area contributed by atoms with Gasteiger partial charge in [-0.05, 0) is 48.6 Å². The van der Waals surface area contributed by atoms with E-state index in [4.69, 9.17) is 58.6 Å². The number of halogens is 4. The van der Waals surface area contributed by atoms with Gasteiger partial charge in [0.25, 0.3) is 0 Å². The summed E-state index contributed by atoms with van der Waals surface area (Å²) in [6.45, 7) is 0. The van der Waals surface area contributed by atoms with Crippen LogP contribution in [0.1, 0.15) is 0 Å². The standard InChI is InChI=1S/C13H9Cl4N3S/c14-7-1-3-9(4-2-7)18-13(21)20-19-12-10(16)5-8(15)6-11(12)17/h1-6,19H,(H2,18,20,21). The first-order valence-electron chi connectivity index (χ1n) is 5.69. The topological polar surface area (TPSA) is 36.1 Å². The Balaban J connectivity index is 1.97. The molecule has 2 rings (SSSR count). The fourth-order valence-corrected chi connectivity index (χ4v) is 2.68. The van der Waals surface area contributed by atoms with E-state index >= 15 is 0 Å². The van der Waals surface area contributed by atoms with Crippen LogP contribution in [0, 0.1) is 0 Å². The molecule has 0 aliphatic carbocycles. The summed E-state index contributed by atoms with van der Waals surface area (Å²) in [6, 6.07) is 10.3. The highest BCUT2D eigenvalue weighted by atomic mass is 35.5. The lowest BCUT2D eigenvalue weighted by molar-refractivity contribution is 1.14. The van der Waals surface area contributed by atoms with E-state index in [9.17, 15) is 0 Å². The van der Waals surface area contributed by atoms with E-state index in [-0.39, 0.29) is 0 Å². The molecular weight excluding hydrogens is 372 g/mol. The molecule has 0 aliphatic heterocycles. The lowest BCUT2D eigenvalue weighted by Crippen LogP contribution is -2.33. The molecule has 0 fully saturated rings. The van der Waals surface area contributed by atoms with Crippen LogP contribution in [0.2, 0.25) is 20.1 Å². The molecular formula is C13H9Cl4N3S. The van der Waals surface area contributed by atoms with Gasteiger partial charge in [0.2, 0.25) is 0 Å². The van der Waals surface area contributed by atoms with E-state index in [1.165, 1.54) is 0 Å². The molecule has 110 valence electrons. The van der Waals surface area contributed by atoms with Gasteiger partial charge in [0, 0.05) is 15.7 Å². The highest BCUT2D eigenvalue weighted by Crippen LogP contribution is 2.33. The van der Waals surface area contributed by atoms with E-state index in [1.54, 1.807) is 36.4 Å². The van der Waals surface area contributed by atoms with E-state index < -0.39 is 0 Å². The number of anilines is 2. The Morgan fingerprint density at radius 1 is 0.857 bits per heavy atom. The molecule has 0 aliphatic rings. The molecule has 3 nitrogen and oxygen atoms in total. The molecule has 3 N–H and O–H groups in total. The van der Waals surface area contributed by atoms with Gasteiger partial charge in [0.1, 0.15) is 0 Å². The lowest BCUT2D eigenvalue weighted by Gasteiger charge is -2.14. The van der Waals surface area contributed by atoms with Gasteiger partial charge in [0.15, 0.2) is 5.11 Å². The highest BCUT2D eigenvalue weighted by Gasteiger charge is 2.08. The first kappa shape index (κ1) is 16.5. The van der Waals surface area contributed by atoms with Crippen molar-refractivity contribution in [2.75, 3.05) is 10.7 Å². The SMILES string of the molecule is S=C(NNc1c(Cl)cc(Cl)cc1Cl)Nc1ccc(Cl)cc1. The maximum absolute atomic E-state index is 6.05. The van der Waals surface area contributed by atoms with Gasteiger partial charge in [-0.1, -0.05) is 46.4 Å². The molecule has 0 saturated carbocycles. The molecule has 2 aromatic carbocycles. The minimum atomic E-state index is 0.347. The Hall–Kier alpha value is -0.910. The number of nitrogens with one attached hydrogen (secondary N) is 3. The van der Waals surface area contributed by atoms with E-state index in [0.717, 1.165) is 5.69 Å². The molecule has 0 amide bonds. The van der Waals surface area contributed by atoms with E-state index in [2.05, 4.69) is 16.2 Å². The predicted molar refractivity (Wildman–Crippen MR) is 95.9 cm³/mol. The third-order valence-corrected chi connectivity index (χ3v) is 3.68. The van der Waals surface area contributed by atoms with Gasteiger partial charge in [-0.3, -0.25) is 10.9 Å². The van der Waals surface area contributed by atoms with Crippen molar-refractivity contribution in [3.05, 3.63) is 56.5 Å². The number of thiocarbonyl (C=S) groups is 1. The monoisotopic (exact) mass is 379 g/mol. The van der Waals surface area contributed by atoms with Crippen LogP contribution in [0.5, 0.6) is 0 Å². The molecule has 8 heteroatoms. The van der Waals surface area contributed by atoms with Crippen molar-refractivity contribution >= 4 is 75.1 Å². The third kappa shape index (κ3) is 4.80. The number of benzene rings is 2. The van der Waals surface area contributed by atoms with Crippen molar-refractivity contribution in [3.8, 4) is 0 Å². The Morgan fingerprint density at radius 2 is 1.43 bits per heavy atom. The summed E-state index contributed by atoms with van der Waals surface area (Å²) in [5.74, 6) is 0. The maximum Gasteiger partial charge on any atom is 0.189 e. The van der Waals surface area contributed by atoms with Gasteiger partial charge < -0.3 is 5.32 Å². The van der Waals surface area contributed by atoms with Crippen molar-refractivity contribution in [2.24, 2.45) is 0 Å². The zero-order valence-electron chi connectivity index (χ0n) is 10.4. The second-order valence-corrected chi connectivity index (χ2v) is 6.05. The molecule has 0 radical (unpaired) electrons. The number of hydrazine groups is 1. The second kappa shape index (κ2) is 7.38. The van der Waals surface area contributed by atoms with Crippen LogP contribution in [-0.2, 0) is 0 Å². The van der Waals surface area contributed by atoms with Crippen LogP contribution in [0.4, 0.5) is 11.4 Å². The van der Waals surface area contributed by atoms with Gasteiger partial charge in [-0.25, -0.2) is 0 Å². The van der Waals surface area contributed by atoms with Crippen LogP contribution >= 0.6 is 58.6 Å². The van der Waals surface area contributed by atoms with E-state index in [1.807, 2.05) is 0 Å². The summed E-state index contributed by atoms with van der Waals surface area (Å²) >= 11 is 28.9. The normalized spacial score (nSPS) is 10.1. The summed E-state index contributed by atoms with van der Waals surface area (Å²) < 4.78 is 0. The second-order valence-electron chi connectivity index (χ2n) is 3.96. The first-order valence-corrected chi connectivity index (χ1v) is 7.61. The lowest BCUT2D eigenvalue weighted by atomic mass is 10.3. The summed E-state index contributed by atoms with van der Waals surface area (Å²) in [6.07, 6.45) is 0. The third-order valence-electron chi connectivity index (χ3n) is 2.41. The zero-order chi connectivity index (χ0) is 15.4. The number of rotatable bonds is 3. The van der Waals surface area contributed by atoms with Crippen molar-refractivity contribution in [1.82, 2.24) is 5.43 Å². The molecule has 0 heterocycles. The quantitative estimate of drug-likeness (QED) is 0.477. The fourth-order valence-electron chi connectivity index (χ4n) is 1.48. The minimum Gasteiger partial charge on any atom is -0.331 e. The highest BCUT2D eigenvalue weighted by molar-refractivity contribution is 7.80. The van der Waals surface area contributed by atoms with Crippen LogP contribution in [0.25, 0.3) is 0 Å². The molecule has 0 aromatic heterocycles. The van der Waals surface area contributed by atoms with Crippen LogP contribution in [0.15, 0.2) is 36.4 Å². The van der Waals surface area contributed by atoms with E-state index in [0.29, 0.717) is 30.9 Å². The van der Waals surface area contributed by atoms with Gasteiger partial charge >= 0.3 is 0 Å². The maximum atomic E-state index is 6.05. The molecule has 0 saturated heterocycles. The van der Waals surface area contributed by atoms with Crippen molar-refractivity contribution < 1.29 is 0 Å². The van der Waals surface area contributed by atoms with Crippen LogP contribution in [0.3, 0.4) is 0 Å². The molecule has 0 spiro atoms. The molecule has 0 atom stereocenters. The van der Waals surface area contributed by atoms with Crippen molar-refractivity contribution in [3.63, 3.8) is 0 Å². The number of hydrogen-bond acceptors (Lipinski definition) is 2. The fraction of sp³-hybridized carbons (Fsp3) is 0. The summed E-state index contributed by atoms with van der Waals surface area (Å²) in [4.78, 5) is 0. The molecule has 0 bridgehead atoms. The van der Waals surface area contributed by atoms with Crippen LogP contribution in [-0.4, -0.2) is 5.11 Å². The van der Waals surface area contributed by atoms with Gasteiger partial charge in [0.05, 0.1) is 15.7 Å². The average Bonchev–Trinajstić information content (AvgIpc) is 2.40. The average molecular weight is 381 g/mol. The van der Waals surface area contributed by atoms with Crippen LogP contribution < -0.4 is 16.2 Å². The Kier molecular flexibility index (Phi) is 5.79. The minimum absolute atomic E-state index is 0.347. The Labute approximate surface area is 147 Å². The Morgan fingerprint density at radius 3 is 2.00 bits per heavy atom. The first-order chi connectivity index (χ1) is 9.95. The predicted octanol–water partition coefficient (Wildman–Crippen LogP) is 5.61. The molecule has 21 heavy (non-hydrogen) atoms. The summed E-state index contributed by atoms with van der Waals surface area (Å²) in [5.41, 5.74) is 6.91. The van der Waals surface area contributed by atoms with Crippen molar-refractivity contribution in [1.29, 1.82) is 0 Å². The number of hydrogen-bond donors (Lipinski definition) is 3. The summed E-state index contributed by atoms with van der Waals surface area (Å²) in [5, 5.41) is 5.20. The smallest absolute Gasteiger partial charge is 0.189 e.